The van der Waals surface area contributed by atoms with Crippen molar-refractivity contribution in [3.8, 4) is 0 Å². The Kier molecular flexibility index (Phi) is 4.65. The Balaban J connectivity index is 2.16. The molecule has 2 N–H and O–H groups in total. The van der Waals surface area contributed by atoms with Gasteiger partial charge in [-0.05, 0) is 6.07 Å². The molecule has 0 saturated heterocycles. The predicted molar refractivity (Wildman–Crippen MR) is 56.1 cm³/mol. The first kappa shape index (κ1) is 11.2. The van der Waals surface area contributed by atoms with Crippen LogP contribution in [0.5, 0.6) is 0 Å². The van der Waals surface area contributed by atoms with Crippen molar-refractivity contribution >= 4 is 11.6 Å². The third kappa shape index (κ3) is 4.41. The number of nitrogens with zero attached hydrogens (tertiary/aromatic N) is 2. The van der Waals surface area contributed by atoms with Crippen molar-refractivity contribution in [2.24, 2.45) is 0 Å². The van der Waals surface area contributed by atoms with Gasteiger partial charge >= 0.3 is 0 Å². The molecule has 0 bridgehead atoms. The molecule has 0 aliphatic rings. The first-order valence-electron chi connectivity index (χ1n) is 4.38. The zero-order valence-corrected chi connectivity index (χ0v) is 8.61. The second kappa shape index (κ2) is 5.80. The second-order valence-corrected chi connectivity index (χ2v) is 3.56. The topological polar surface area (TPSA) is 50.1 Å². The molecule has 1 atom stereocenters. The summed E-state index contributed by atoms with van der Waals surface area (Å²) in [7, 11) is 0. The van der Waals surface area contributed by atoms with Gasteiger partial charge in [0.2, 0.25) is 0 Å². The van der Waals surface area contributed by atoms with Gasteiger partial charge in [0, 0.05) is 30.5 Å². The highest BCUT2D eigenvalue weighted by atomic mass is 35.5. The SMILES string of the molecule is C=C(Cl)CNCC(O)Cn1cccn1. The maximum Gasteiger partial charge on any atom is 0.0860 e. The largest absolute Gasteiger partial charge is 0.390 e. The zero-order chi connectivity index (χ0) is 10.4. The molecule has 14 heavy (non-hydrogen) atoms. The van der Waals surface area contributed by atoms with E-state index in [1.165, 1.54) is 0 Å². The molecular weight excluding hydrogens is 202 g/mol. The van der Waals surface area contributed by atoms with E-state index in [0.29, 0.717) is 24.7 Å². The standard InChI is InChI=1S/C9H14ClN3O/c1-8(10)5-11-6-9(14)7-13-4-2-3-12-13/h2-4,9,11,14H,1,5-7H2. The summed E-state index contributed by atoms with van der Waals surface area (Å²) >= 11 is 5.55. The molecule has 0 spiro atoms. The molecule has 0 fully saturated rings. The predicted octanol–water partition coefficient (Wildman–Crippen LogP) is 0.586. The number of hydrogen-bond acceptors (Lipinski definition) is 3. The molecule has 0 radical (unpaired) electrons. The van der Waals surface area contributed by atoms with E-state index in [2.05, 4.69) is 17.0 Å². The fraction of sp³-hybridized carbons (Fsp3) is 0.444. The molecule has 5 heteroatoms. The molecule has 1 unspecified atom stereocenters. The Hall–Kier alpha value is -0.840. The summed E-state index contributed by atoms with van der Waals surface area (Å²) < 4.78 is 1.68. The summed E-state index contributed by atoms with van der Waals surface area (Å²) in [5.74, 6) is 0. The van der Waals surface area contributed by atoms with E-state index in [9.17, 15) is 5.11 Å². The summed E-state index contributed by atoms with van der Waals surface area (Å²) in [6.45, 7) is 5.00. The zero-order valence-electron chi connectivity index (χ0n) is 7.86. The Labute approximate surface area is 88.2 Å². The van der Waals surface area contributed by atoms with Gasteiger partial charge in [0.1, 0.15) is 0 Å². The number of aromatic nitrogens is 2. The molecule has 4 nitrogen and oxygen atoms in total. The second-order valence-electron chi connectivity index (χ2n) is 3.03. The van der Waals surface area contributed by atoms with E-state index >= 15 is 0 Å². The molecule has 78 valence electrons. The Morgan fingerprint density at radius 2 is 2.50 bits per heavy atom. The van der Waals surface area contributed by atoms with Crippen molar-refractivity contribution in [3.63, 3.8) is 0 Å². The highest BCUT2D eigenvalue weighted by Crippen LogP contribution is 1.94. The van der Waals surface area contributed by atoms with E-state index < -0.39 is 6.10 Å². The number of halogens is 1. The number of nitrogens with one attached hydrogen (secondary N) is 1. The van der Waals surface area contributed by atoms with E-state index in [-0.39, 0.29) is 0 Å². The Morgan fingerprint density at radius 1 is 1.71 bits per heavy atom. The van der Waals surface area contributed by atoms with Crippen LogP contribution in [0.15, 0.2) is 30.1 Å². The first-order chi connectivity index (χ1) is 6.68. The van der Waals surface area contributed by atoms with Crippen molar-refractivity contribution in [2.75, 3.05) is 13.1 Å². The van der Waals surface area contributed by atoms with Gasteiger partial charge in [0.25, 0.3) is 0 Å². The third-order valence-corrected chi connectivity index (χ3v) is 1.79. The molecule has 1 aromatic heterocycles. The van der Waals surface area contributed by atoms with Crippen molar-refractivity contribution < 1.29 is 5.11 Å². The van der Waals surface area contributed by atoms with Crippen molar-refractivity contribution in [1.29, 1.82) is 0 Å². The van der Waals surface area contributed by atoms with E-state index in [1.54, 1.807) is 10.9 Å². The number of hydrogen-bond donors (Lipinski definition) is 2. The van der Waals surface area contributed by atoms with Gasteiger partial charge < -0.3 is 10.4 Å². The van der Waals surface area contributed by atoms with E-state index in [4.69, 9.17) is 11.6 Å². The number of rotatable bonds is 6. The van der Waals surface area contributed by atoms with Gasteiger partial charge in [-0.1, -0.05) is 18.2 Å². The molecule has 0 aromatic carbocycles. The average Bonchev–Trinajstić information content (AvgIpc) is 2.56. The van der Waals surface area contributed by atoms with Gasteiger partial charge in [-0.15, -0.1) is 0 Å². The van der Waals surface area contributed by atoms with Crippen LogP contribution < -0.4 is 5.32 Å². The molecule has 0 aliphatic carbocycles. The van der Waals surface area contributed by atoms with E-state index in [0.717, 1.165) is 0 Å². The van der Waals surface area contributed by atoms with Gasteiger partial charge in [0.15, 0.2) is 0 Å². The quantitative estimate of drug-likeness (QED) is 0.730. The van der Waals surface area contributed by atoms with Crippen LogP contribution in [-0.4, -0.2) is 34.1 Å². The third-order valence-electron chi connectivity index (χ3n) is 1.65. The van der Waals surface area contributed by atoms with Crippen LogP contribution in [0.2, 0.25) is 0 Å². The maximum absolute atomic E-state index is 9.54. The molecule has 1 heterocycles. The lowest BCUT2D eigenvalue weighted by atomic mass is 10.3. The lowest BCUT2D eigenvalue weighted by Gasteiger charge is -2.11. The van der Waals surface area contributed by atoms with Crippen molar-refractivity contribution in [1.82, 2.24) is 15.1 Å². The minimum Gasteiger partial charge on any atom is -0.390 e. The van der Waals surface area contributed by atoms with Crippen molar-refractivity contribution in [2.45, 2.75) is 12.6 Å². The maximum atomic E-state index is 9.54. The molecule has 1 aromatic rings. The van der Waals surface area contributed by atoms with Crippen LogP contribution in [0.1, 0.15) is 0 Å². The molecule has 0 saturated carbocycles. The van der Waals surface area contributed by atoms with Crippen LogP contribution in [-0.2, 0) is 6.54 Å². The first-order valence-corrected chi connectivity index (χ1v) is 4.76. The smallest absolute Gasteiger partial charge is 0.0860 e. The lowest BCUT2D eigenvalue weighted by molar-refractivity contribution is 0.148. The minimum absolute atomic E-state index is 0.467. The lowest BCUT2D eigenvalue weighted by Crippen LogP contribution is -2.31. The summed E-state index contributed by atoms with van der Waals surface area (Å²) in [5.41, 5.74) is 0. The Bertz CT molecular complexity index is 274. The monoisotopic (exact) mass is 215 g/mol. The van der Waals surface area contributed by atoms with Gasteiger partial charge in [-0.25, -0.2) is 0 Å². The number of aliphatic hydroxyl groups excluding tert-OH is 1. The molecule has 0 aliphatic heterocycles. The fourth-order valence-electron chi connectivity index (χ4n) is 1.06. The normalized spacial score (nSPS) is 12.7. The number of aliphatic hydroxyl groups is 1. The van der Waals surface area contributed by atoms with E-state index in [1.807, 2.05) is 12.3 Å². The van der Waals surface area contributed by atoms with Crippen LogP contribution in [0.3, 0.4) is 0 Å². The highest BCUT2D eigenvalue weighted by Gasteiger charge is 2.04. The minimum atomic E-state index is -0.467. The summed E-state index contributed by atoms with van der Waals surface area (Å²) in [4.78, 5) is 0. The van der Waals surface area contributed by atoms with Gasteiger partial charge in [-0.2, -0.15) is 5.10 Å². The summed E-state index contributed by atoms with van der Waals surface area (Å²) in [6, 6.07) is 1.82. The van der Waals surface area contributed by atoms with Crippen LogP contribution >= 0.6 is 11.6 Å². The summed E-state index contributed by atoms with van der Waals surface area (Å²) in [5, 5.41) is 17.0. The average molecular weight is 216 g/mol. The van der Waals surface area contributed by atoms with Crippen molar-refractivity contribution in [3.05, 3.63) is 30.1 Å². The van der Waals surface area contributed by atoms with Crippen LogP contribution in [0.4, 0.5) is 0 Å². The van der Waals surface area contributed by atoms with Gasteiger partial charge in [0.05, 0.1) is 12.6 Å². The highest BCUT2D eigenvalue weighted by molar-refractivity contribution is 6.29. The molecular formula is C9H14ClN3O. The molecule has 0 amide bonds. The summed E-state index contributed by atoms with van der Waals surface area (Å²) in [6.07, 6.45) is 3.02. The Morgan fingerprint density at radius 3 is 3.07 bits per heavy atom. The van der Waals surface area contributed by atoms with Crippen LogP contribution in [0, 0.1) is 0 Å². The fourth-order valence-corrected chi connectivity index (χ4v) is 1.16. The molecule has 1 rings (SSSR count). The van der Waals surface area contributed by atoms with Crippen LogP contribution in [0.25, 0.3) is 0 Å². The van der Waals surface area contributed by atoms with Gasteiger partial charge in [-0.3, -0.25) is 4.68 Å².